The van der Waals surface area contributed by atoms with E-state index in [1.54, 1.807) is 4.90 Å². The van der Waals surface area contributed by atoms with Crippen LogP contribution in [0, 0.1) is 0 Å². The molecule has 1 N–H and O–H groups in total. The maximum atomic E-state index is 12.7. The predicted octanol–water partition coefficient (Wildman–Crippen LogP) is 1.90. The first-order valence-corrected chi connectivity index (χ1v) is 8.42. The monoisotopic (exact) mass is 320 g/mol. The summed E-state index contributed by atoms with van der Waals surface area (Å²) in [6.45, 7) is 4.52. The number of rotatable bonds is 7. The highest BCUT2D eigenvalue weighted by atomic mass is 16.5. The van der Waals surface area contributed by atoms with Crippen LogP contribution in [0.3, 0.4) is 0 Å². The van der Waals surface area contributed by atoms with Crippen LogP contribution in [0.25, 0.3) is 0 Å². The molecule has 128 valence electrons. The van der Waals surface area contributed by atoms with E-state index in [9.17, 15) is 4.79 Å². The van der Waals surface area contributed by atoms with Gasteiger partial charge in [0.15, 0.2) is 0 Å². The second-order valence-corrected chi connectivity index (χ2v) is 6.09. The molecule has 1 amide bonds. The van der Waals surface area contributed by atoms with E-state index >= 15 is 0 Å². The van der Waals surface area contributed by atoms with Crippen molar-refractivity contribution in [3.8, 4) is 0 Å². The summed E-state index contributed by atoms with van der Waals surface area (Å²) in [6, 6.07) is 9.61. The molecule has 1 aromatic carbocycles. The van der Waals surface area contributed by atoms with E-state index in [0.29, 0.717) is 13.0 Å². The van der Waals surface area contributed by atoms with Gasteiger partial charge in [0.1, 0.15) is 0 Å². The van der Waals surface area contributed by atoms with Gasteiger partial charge in [-0.1, -0.05) is 18.2 Å². The number of aliphatic hydroxyl groups is 1. The number of nitrogens with zero attached hydrogens (tertiary/aromatic N) is 2. The molecule has 1 aliphatic heterocycles. The molecule has 0 bridgehead atoms. The molecule has 2 rings (SSSR count). The minimum atomic E-state index is -0.126. The van der Waals surface area contributed by atoms with Crippen molar-refractivity contribution in [2.75, 3.05) is 38.3 Å². The van der Waals surface area contributed by atoms with Gasteiger partial charge >= 0.3 is 0 Å². The number of likely N-dealkylation sites (N-methyl/N-ethyl adjacent to an activating group) is 1. The molecule has 0 spiro atoms. The van der Waals surface area contributed by atoms with Crippen LogP contribution in [0.5, 0.6) is 0 Å². The summed E-state index contributed by atoms with van der Waals surface area (Å²) >= 11 is 0. The number of ether oxygens (including phenoxy) is 1. The number of likely N-dealkylation sites (tertiary alicyclic amines) is 1. The maximum Gasteiger partial charge on any atom is 0.243 e. The number of benzene rings is 1. The molecule has 5 nitrogen and oxygen atoms in total. The predicted molar refractivity (Wildman–Crippen MR) is 91.6 cm³/mol. The summed E-state index contributed by atoms with van der Waals surface area (Å²) in [6.07, 6.45) is 2.83. The number of carbonyl (C=O) groups is 1. The van der Waals surface area contributed by atoms with Gasteiger partial charge < -0.3 is 14.7 Å². The number of hydrogen-bond donors (Lipinski definition) is 1. The summed E-state index contributed by atoms with van der Waals surface area (Å²) in [7, 11) is 1.83. The Labute approximate surface area is 138 Å². The SMILES string of the molecule is CC(C(=O)N(C)c1ccccc1)N1CCC(OCCCO)CC1. The van der Waals surface area contributed by atoms with E-state index in [0.717, 1.165) is 31.6 Å². The third kappa shape index (κ3) is 5.03. The molecule has 1 aromatic rings. The number of aliphatic hydroxyl groups excluding tert-OH is 1. The van der Waals surface area contributed by atoms with Gasteiger partial charge in [0.25, 0.3) is 0 Å². The third-order valence-electron chi connectivity index (χ3n) is 4.51. The zero-order chi connectivity index (χ0) is 16.7. The quantitative estimate of drug-likeness (QED) is 0.780. The van der Waals surface area contributed by atoms with Gasteiger partial charge in [-0.2, -0.15) is 0 Å². The van der Waals surface area contributed by atoms with E-state index in [1.807, 2.05) is 44.3 Å². The normalized spacial score (nSPS) is 17.9. The van der Waals surface area contributed by atoms with E-state index in [1.165, 1.54) is 0 Å². The fourth-order valence-electron chi connectivity index (χ4n) is 2.96. The molecule has 23 heavy (non-hydrogen) atoms. The number of hydrogen-bond acceptors (Lipinski definition) is 4. The summed E-state index contributed by atoms with van der Waals surface area (Å²) in [5, 5.41) is 8.79. The minimum absolute atomic E-state index is 0.121. The van der Waals surface area contributed by atoms with Gasteiger partial charge in [0.05, 0.1) is 12.1 Å². The fraction of sp³-hybridized carbons (Fsp3) is 0.611. The molecule has 0 saturated carbocycles. The van der Waals surface area contributed by atoms with Crippen molar-refractivity contribution in [1.82, 2.24) is 4.90 Å². The zero-order valence-electron chi connectivity index (χ0n) is 14.1. The van der Waals surface area contributed by atoms with Crippen molar-refractivity contribution < 1.29 is 14.6 Å². The first-order valence-electron chi connectivity index (χ1n) is 8.42. The Kier molecular flexibility index (Phi) is 7.02. The Hall–Kier alpha value is -1.43. The van der Waals surface area contributed by atoms with Gasteiger partial charge in [-0.25, -0.2) is 0 Å². The van der Waals surface area contributed by atoms with Crippen LogP contribution in [0.2, 0.25) is 0 Å². The van der Waals surface area contributed by atoms with Crippen LogP contribution in [0.1, 0.15) is 26.2 Å². The Balaban J connectivity index is 1.82. The van der Waals surface area contributed by atoms with E-state index in [4.69, 9.17) is 9.84 Å². The van der Waals surface area contributed by atoms with Crippen LogP contribution in [-0.2, 0) is 9.53 Å². The Morgan fingerprint density at radius 1 is 1.35 bits per heavy atom. The van der Waals surface area contributed by atoms with Crippen molar-refractivity contribution in [2.24, 2.45) is 0 Å². The van der Waals surface area contributed by atoms with Crippen molar-refractivity contribution >= 4 is 11.6 Å². The molecule has 1 unspecified atom stereocenters. The lowest BCUT2D eigenvalue weighted by Gasteiger charge is -2.36. The summed E-state index contributed by atoms with van der Waals surface area (Å²) in [5.41, 5.74) is 0.923. The molecule has 1 saturated heterocycles. The highest BCUT2D eigenvalue weighted by molar-refractivity contribution is 5.96. The van der Waals surface area contributed by atoms with Gasteiger partial charge in [-0.05, 0) is 38.3 Å². The smallest absolute Gasteiger partial charge is 0.243 e. The van der Waals surface area contributed by atoms with E-state index in [2.05, 4.69) is 4.90 Å². The molecular formula is C18H28N2O3. The molecular weight excluding hydrogens is 292 g/mol. The Morgan fingerprint density at radius 3 is 2.61 bits per heavy atom. The summed E-state index contributed by atoms with van der Waals surface area (Å²) in [4.78, 5) is 16.6. The largest absolute Gasteiger partial charge is 0.396 e. The average Bonchev–Trinajstić information content (AvgIpc) is 2.61. The number of amides is 1. The number of carbonyl (C=O) groups excluding carboxylic acids is 1. The van der Waals surface area contributed by atoms with Gasteiger partial charge in [0, 0.05) is 39.0 Å². The molecule has 5 heteroatoms. The lowest BCUT2D eigenvalue weighted by molar-refractivity contribution is -0.124. The highest BCUT2D eigenvalue weighted by Gasteiger charge is 2.28. The van der Waals surface area contributed by atoms with Crippen LogP contribution in [-0.4, -0.2) is 61.4 Å². The van der Waals surface area contributed by atoms with Crippen LogP contribution < -0.4 is 4.90 Å². The van der Waals surface area contributed by atoms with Gasteiger partial charge in [0.2, 0.25) is 5.91 Å². The van der Waals surface area contributed by atoms with Crippen molar-refractivity contribution in [2.45, 2.75) is 38.3 Å². The average molecular weight is 320 g/mol. The molecule has 1 heterocycles. The lowest BCUT2D eigenvalue weighted by atomic mass is 10.1. The second kappa shape index (κ2) is 9.01. The Morgan fingerprint density at radius 2 is 2.00 bits per heavy atom. The van der Waals surface area contributed by atoms with Crippen molar-refractivity contribution in [1.29, 1.82) is 0 Å². The molecule has 1 aliphatic rings. The molecule has 0 aliphatic carbocycles. The van der Waals surface area contributed by atoms with E-state index in [-0.39, 0.29) is 24.7 Å². The number of anilines is 1. The van der Waals surface area contributed by atoms with Crippen molar-refractivity contribution in [3.63, 3.8) is 0 Å². The highest BCUT2D eigenvalue weighted by Crippen LogP contribution is 2.19. The first kappa shape index (κ1) is 17.9. The van der Waals surface area contributed by atoms with Gasteiger partial charge in [-0.15, -0.1) is 0 Å². The number of piperidine rings is 1. The Bertz CT molecular complexity index is 472. The third-order valence-corrected chi connectivity index (χ3v) is 4.51. The fourth-order valence-corrected chi connectivity index (χ4v) is 2.96. The molecule has 1 fully saturated rings. The minimum Gasteiger partial charge on any atom is -0.396 e. The second-order valence-electron chi connectivity index (χ2n) is 6.09. The van der Waals surface area contributed by atoms with Crippen LogP contribution in [0.4, 0.5) is 5.69 Å². The maximum absolute atomic E-state index is 12.7. The topological polar surface area (TPSA) is 53.0 Å². The van der Waals surface area contributed by atoms with E-state index < -0.39 is 0 Å². The molecule has 0 aromatic heterocycles. The van der Waals surface area contributed by atoms with Crippen LogP contribution >= 0.6 is 0 Å². The van der Waals surface area contributed by atoms with Crippen LogP contribution in [0.15, 0.2) is 30.3 Å². The lowest BCUT2D eigenvalue weighted by Crippen LogP contribution is -2.49. The summed E-state index contributed by atoms with van der Waals surface area (Å²) in [5.74, 6) is 0.121. The first-order chi connectivity index (χ1) is 11.1. The number of para-hydroxylation sites is 1. The standard InChI is InChI=1S/C18H28N2O3/c1-15(18(22)19(2)16-7-4-3-5-8-16)20-11-9-17(10-12-20)23-14-6-13-21/h3-5,7-8,15,17,21H,6,9-14H2,1-2H3. The van der Waals surface area contributed by atoms with Crippen molar-refractivity contribution in [3.05, 3.63) is 30.3 Å². The molecule has 1 atom stereocenters. The summed E-state index contributed by atoms with van der Waals surface area (Å²) < 4.78 is 5.75. The zero-order valence-corrected chi connectivity index (χ0v) is 14.1. The molecule has 0 radical (unpaired) electrons. The van der Waals surface area contributed by atoms with Gasteiger partial charge in [-0.3, -0.25) is 9.69 Å².